The van der Waals surface area contributed by atoms with Crippen LogP contribution >= 0.6 is 0 Å². The molecule has 3 heteroatoms. The molecule has 1 aliphatic heterocycles. The van der Waals surface area contributed by atoms with Crippen molar-refractivity contribution in [3.63, 3.8) is 0 Å². The molecule has 0 aromatic heterocycles. The zero-order chi connectivity index (χ0) is 9.84. The van der Waals surface area contributed by atoms with Gasteiger partial charge in [0.2, 0.25) is 0 Å². The largest absolute Gasteiger partial charge is 0.463 e. The average molecular weight is 183 g/mol. The SMILES string of the molecule is C=CN1CCC(C(=O)OC(C)C)C1. The van der Waals surface area contributed by atoms with Gasteiger partial charge in [-0.1, -0.05) is 6.58 Å². The van der Waals surface area contributed by atoms with Crippen molar-refractivity contribution in [2.45, 2.75) is 26.4 Å². The molecule has 0 aliphatic carbocycles. The minimum absolute atomic E-state index is 0.00900. The lowest BCUT2D eigenvalue weighted by Gasteiger charge is -2.13. The summed E-state index contributed by atoms with van der Waals surface area (Å²) >= 11 is 0. The maximum Gasteiger partial charge on any atom is 0.311 e. The second-order valence-corrected chi connectivity index (χ2v) is 3.65. The number of carbonyl (C=O) groups is 1. The Morgan fingerprint density at radius 2 is 2.38 bits per heavy atom. The first-order chi connectivity index (χ1) is 6.13. The summed E-state index contributed by atoms with van der Waals surface area (Å²) in [4.78, 5) is 13.5. The van der Waals surface area contributed by atoms with Crippen molar-refractivity contribution in [1.82, 2.24) is 4.90 Å². The van der Waals surface area contributed by atoms with Gasteiger partial charge in [-0.25, -0.2) is 0 Å². The van der Waals surface area contributed by atoms with Crippen LogP contribution < -0.4 is 0 Å². The third kappa shape index (κ3) is 2.76. The summed E-state index contributed by atoms with van der Waals surface area (Å²) in [6.07, 6.45) is 2.66. The van der Waals surface area contributed by atoms with Crippen molar-refractivity contribution in [3.05, 3.63) is 12.8 Å². The molecule has 0 aromatic rings. The second-order valence-electron chi connectivity index (χ2n) is 3.65. The second kappa shape index (κ2) is 4.30. The molecule has 0 bridgehead atoms. The zero-order valence-corrected chi connectivity index (χ0v) is 8.32. The van der Waals surface area contributed by atoms with Gasteiger partial charge in [0.1, 0.15) is 0 Å². The normalized spacial score (nSPS) is 22.1. The number of rotatable bonds is 3. The van der Waals surface area contributed by atoms with E-state index in [1.54, 1.807) is 6.20 Å². The van der Waals surface area contributed by atoms with Gasteiger partial charge in [-0.2, -0.15) is 0 Å². The molecule has 1 unspecified atom stereocenters. The summed E-state index contributed by atoms with van der Waals surface area (Å²) in [7, 11) is 0. The highest BCUT2D eigenvalue weighted by Gasteiger charge is 2.28. The van der Waals surface area contributed by atoms with Crippen LogP contribution in [-0.4, -0.2) is 30.1 Å². The molecule has 0 radical (unpaired) electrons. The fourth-order valence-corrected chi connectivity index (χ4v) is 1.47. The summed E-state index contributed by atoms with van der Waals surface area (Å²) < 4.78 is 5.13. The Hall–Kier alpha value is -0.990. The lowest BCUT2D eigenvalue weighted by atomic mass is 10.1. The first-order valence-corrected chi connectivity index (χ1v) is 4.70. The van der Waals surface area contributed by atoms with Crippen molar-refractivity contribution in [3.8, 4) is 0 Å². The topological polar surface area (TPSA) is 29.5 Å². The Kier molecular flexibility index (Phi) is 3.34. The van der Waals surface area contributed by atoms with Gasteiger partial charge in [0.15, 0.2) is 0 Å². The van der Waals surface area contributed by atoms with E-state index in [0.717, 1.165) is 19.5 Å². The van der Waals surface area contributed by atoms with Gasteiger partial charge in [0.05, 0.1) is 12.0 Å². The number of hydrogen-bond donors (Lipinski definition) is 0. The fourth-order valence-electron chi connectivity index (χ4n) is 1.47. The number of carbonyl (C=O) groups excluding carboxylic acids is 1. The van der Waals surface area contributed by atoms with Crippen LogP contribution in [0, 0.1) is 5.92 Å². The van der Waals surface area contributed by atoms with E-state index < -0.39 is 0 Å². The van der Waals surface area contributed by atoms with Gasteiger partial charge in [-0.15, -0.1) is 0 Å². The number of nitrogens with zero attached hydrogens (tertiary/aromatic N) is 1. The molecule has 0 N–H and O–H groups in total. The predicted molar refractivity (Wildman–Crippen MR) is 51.1 cm³/mol. The van der Waals surface area contributed by atoms with Crippen LogP contribution in [0.5, 0.6) is 0 Å². The molecular weight excluding hydrogens is 166 g/mol. The maximum atomic E-state index is 11.4. The quantitative estimate of drug-likeness (QED) is 0.619. The third-order valence-electron chi connectivity index (χ3n) is 2.16. The molecule has 1 fully saturated rings. The molecule has 0 saturated carbocycles. The average Bonchev–Trinajstić information content (AvgIpc) is 2.50. The predicted octanol–water partition coefficient (Wildman–Crippen LogP) is 1.40. The summed E-state index contributed by atoms with van der Waals surface area (Å²) in [6, 6.07) is 0. The van der Waals surface area contributed by atoms with E-state index in [0.29, 0.717) is 0 Å². The highest BCUT2D eigenvalue weighted by molar-refractivity contribution is 5.73. The minimum atomic E-state index is -0.0700. The number of likely N-dealkylation sites (tertiary alicyclic amines) is 1. The zero-order valence-electron chi connectivity index (χ0n) is 8.32. The molecule has 0 aromatic carbocycles. The van der Waals surface area contributed by atoms with E-state index >= 15 is 0 Å². The van der Waals surface area contributed by atoms with Crippen LogP contribution in [0.2, 0.25) is 0 Å². The van der Waals surface area contributed by atoms with Crippen LogP contribution in [0.25, 0.3) is 0 Å². The molecule has 1 atom stereocenters. The van der Waals surface area contributed by atoms with E-state index in [9.17, 15) is 4.79 Å². The number of esters is 1. The van der Waals surface area contributed by atoms with Crippen LogP contribution in [-0.2, 0) is 9.53 Å². The highest BCUT2D eigenvalue weighted by atomic mass is 16.5. The molecule has 3 nitrogen and oxygen atoms in total. The van der Waals surface area contributed by atoms with Gasteiger partial charge in [-0.3, -0.25) is 4.79 Å². The standard InChI is InChI=1S/C10H17NO2/c1-4-11-6-5-9(7-11)10(12)13-8(2)3/h4,8-9H,1,5-7H2,2-3H3. The first-order valence-electron chi connectivity index (χ1n) is 4.70. The van der Waals surface area contributed by atoms with E-state index in [1.165, 1.54) is 0 Å². The van der Waals surface area contributed by atoms with E-state index in [4.69, 9.17) is 4.74 Å². The van der Waals surface area contributed by atoms with E-state index in [2.05, 4.69) is 6.58 Å². The fraction of sp³-hybridized carbons (Fsp3) is 0.700. The van der Waals surface area contributed by atoms with Crippen molar-refractivity contribution >= 4 is 5.97 Å². The van der Waals surface area contributed by atoms with Gasteiger partial charge >= 0.3 is 5.97 Å². The Morgan fingerprint density at radius 3 is 2.85 bits per heavy atom. The molecule has 0 amide bonds. The monoisotopic (exact) mass is 183 g/mol. The summed E-state index contributed by atoms with van der Waals surface area (Å²) in [5.41, 5.74) is 0. The molecule has 1 saturated heterocycles. The Bertz CT molecular complexity index is 201. The summed E-state index contributed by atoms with van der Waals surface area (Å²) in [5, 5.41) is 0. The third-order valence-corrected chi connectivity index (χ3v) is 2.16. The number of ether oxygens (including phenoxy) is 1. The summed E-state index contributed by atoms with van der Waals surface area (Å²) in [5.74, 6) is -0.0280. The van der Waals surface area contributed by atoms with Crippen LogP contribution in [0.15, 0.2) is 12.8 Å². The Morgan fingerprint density at radius 1 is 1.69 bits per heavy atom. The van der Waals surface area contributed by atoms with Gasteiger partial charge < -0.3 is 9.64 Å². The van der Waals surface area contributed by atoms with Crippen molar-refractivity contribution in [2.24, 2.45) is 5.92 Å². The molecule has 74 valence electrons. The number of hydrogen-bond acceptors (Lipinski definition) is 3. The van der Waals surface area contributed by atoms with Crippen molar-refractivity contribution in [1.29, 1.82) is 0 Å². The molecule has 1 aliphatic rings. The highest BCUT2D eigenvalue weighted by Crippen LogP contribution is 2.17. The van der Waals surface area contributed by atoms with Crippen molar-refractivity contribution < 1.29 is 9.53 Å². The van der Waals surface area contributed by atoms with Gasteiger partial charge in [0.25, 0.3) is 0 Å². The first kappa shape index (κ1) is 10.1. The van der Waals surface area contributed by atoms with E-state index in [1.807, 2.05) is 18.7 Å². The lowest BCUT2D eigenvalue weighted by Crippen LogP contribution is -2.23. The van der Waals surface area contributed by atoms with Crippen LogP contribution in [0.4, 0.5) is 0 Å². The van der Waals surface area contributed by atoms with Crippen molar-refractivity contribution in [2.75, 3.05) is 13.1 Å². The summed E-state index contributed by atoms with van der Waals surface area (Å²) in [6.45, 7) is 9.09. The smallest absolute Gasteiger partial charge is 0.311 e. The molecule has 1 heterocycles. The van der Waals surface area contributed by atoms with E-state index in [-0.39, 0.29) is 18.0 Å². The molecule has 1 rings (SSSR count). The molecule has 13 heavy (non-hydrogen) atoms. The van der Waals surface area contributed by atoms with Crippen LogP contribution in [0.1, 0.15) is 20.3 Å². The van der Waals surface area contributed by atoms with Crippen LogP contribution in [0.3, 0.4) is 0 Å². The molecular formula is C10H17NO2. The Balaban J connectivity index is 2.37. The van der Waals surface area contributed by atoms with Gasteiger partial charge in [0, 0.05) is 13.1 Å². The minimum Gasteiger partial charge on any atom is -0.463 e. The lowest BCUT2D eigenvalue weighted by molar-refractivity contribution is -0.151. The maximum absolute atomic E-state index is 11.4. The van der Waals surface area contributed by atoms with Gasteiger partial charge in [-0.05, 0) is 26.5 Å². The molecule has 0 spiro atoms. The Labute approximate surface area is 79.4 Å².